The lowest BCUT2D eigenvalue weighted by atomic mass is 9.98. The fourth-order valence-electron chi connectivity index (χ4n) is 2.23. The van der Waals surface area contributed by atoms with Crippen LogP contribution < -0.4 is 5.32 Å². The number of benzene rings is 2. The summed E-state index contributed by atoms with van der Waals surface area (Å²) in [6.07, 6.45) is 2.04. The Balaban J connectivity index is 2.53. The van der Waals surface area contributed by atoms with E-state index in [1.54, 1.807) is 17.8 Å². The number of hydrogen-bond acceptors (Lipinski definition) is 2. The first-order valence-corrected chi connectivity index (χ1v) is 8.50. The van der Waals surface area contributed by atoms with E-state index in [1.807, 2.05) is 31.4 Å². The third-order valence-corrected chi connectivity index (χ3v) is 4.43. The molecule has 1 unspecified atom stereocenters. The summed E-state index contributed by atoms with van der Waals surface area (Å²) in [7, 11) is 0. The Morgan fingerprint density at radius 1 is 1.20 bits per heavy atom. The van der Waals surface area contributed by atoms with Gasteiger partial charge in [0, 0.05) is 14.9 Å². The molecule has 0 saturated carbocycles. The molecule has 0 aliphatic heterocycles. The molecule has 0 aliphatic rings. The zero-order valence-electron chi connectivity index (χ0n) is 11.5. The molecular weight excluding hydrogens is 337 g/mol. The molecule has 0 spiro atoms. The van der Waals surface area contributed by atoms with Crippen molar-refractivity contribution in [3.63, 3.8) is 0 Å². The van der Waals surface area contributed by atoms with Crippen LogP contribution in [-0.4, -0.2) is 12.8 Å². The molecule has 0 heterocycles. The first kappa shape index (κ1) is 15.5. The van der Waals surface area contributed by atoms with Crippen LogP contribution >= 0.6 is 27.7 Å². The van der Waals surface area contributed by atoms with Gasteiger partial charge in [0.15, 0.2) is 0 Å². The van der Waals surface area contributed by atoms with Crippen LogP contribution in [0.2, 0.25) is 0 Å². The SMILES string of the molecule is CCNC(c1cc(Br)ccc1F)c1ccccc1SC. The Hall–Kier alpha value is -0.840. The third-order valence-electron chi connectivity index (χ3n) is 3.13. The van der Waals surface area contributed by atoms with Crippen LogP contribution in [0.4, 0.5) is 4.39 Å². The summed E-state index contributed by atoms with van der Waals surface area (Å²) in [4.78, 5) is 1.16. The number of thioether (sulfide) groups is 1. The van der Waals surface area contributed by atoms with E-state index in [0.29, 0.717) is 5.56 Å². The van der Waals surface area contributed by atoms with E-state index in [1.165, 1.54) is 6.07 Å². The zero-order chi connectivity index (χ0) is 14.5. The van der Waals surface area contributed by atoms with E-state index >= 15 is 0 Å². The van der Waals surface area contributed by atoms with Crippen molar-refractivity contribution in [1.29, 1.82) is 0 Å². The summed E-state index contributed by atoms with van der Waals surface area (Å²) in [5.41, 5.74) is 1.78. The molecular formula is C16H17BrFNS. The highest BCUT2D eigenvalue weighted by molar-refractivity contribution is 9.10. The summed E-state index contributed by atoms with van der Waals surface area (Å²) in [6.45, 7) is 2.81. The molecule has 4 heteroatoms. The van der Waals surface area contributed by atoms with Crippen molar-refractivity contribution in [2.75, 3.05) is 12.8 Å². The predicted molar refractivity (Wildman–Crippen MR) is 87.8 cm³/mol. The molecule has 0 aromatic heterocycles. The van der Waals surface area contributed by atoms with Gasteiger partial charge in [-0.05, 0) is 42.6 Å². The van der Waals surface area contributed by atoms with Gasteiger partial charge in [-0.1, -0.05) is 41.1 Å². The van der Waals surface area contributed by atoms with E-state index in [4.69, 9.17) is 0 Å². The molecule has 2 aromatic carbocycles. The van der Waals surface area contributed by atoms with E-state index in [0.717, 1.165) is 21.5 Å². The average Bonchev–Trinajstić information content (AvgIpc) is 2.47. The molecule has 0 fully saturated rings. The standard InChI is InChI=1S/C16H17BrFNS/c1-3-19-16(12-6-4-5-7-15(12)20-2)13-10-11(17)8-9-14(13)18/h4-10,16,19H,3H2,1-2H3. The number of hydrogen-bond donors (Lipinski definition) is 1. The van der Waals surface area contributed by atoms with Crippen molar-refractivity contribution in [1.82, 2.24) is 5.32 Å². The van der Waals surface area contributed by atoms with Gasteiger partial charge < -0.3 is 5.32 Å². The average molecular weight is 354 g/mol. The van der Waals surface area contributed by atoms with Gasteiger partial charge in [-0.2, -0.15) is 0 Å². The quantitative estimate of drug-likeness (QED) is 0.758. The fourth-order valence-corrected chi connectivity index (χ4v) is 3.25. The van der Waals surface area contributed by atoms with Crippen LogP contribution in [0.1, 0.15) is 24.1 Å². The maximum Gasteiger partial charge on any atom is 0.128 e. The summed E-state index contributed by atoms with van der Waals surface area (Å²) in [5.74, 6) is -0.185. The minimum atomic E-state index is -0.185. The maximum atomic E-state index is 14.2. The van der Waals surface area contributed by atoms with Crippen LogP contribution in [0.3, 0.4) is 0 Å². The topological polar surface area (TPSA) is 12.0 Å². The molecule has 1 nitrogen and oxygen atoms in total. The van der Waals surface area contributed by atoms with E-state index < -0.39 is 0 Å². The molecule has 0 aliphatic carbocycles. The summed E-state index contributed by atoms with van der Waals surface area (Å²) < 4.78 is 15.1. The third kappa shape index (κ3) is 3.43. The van der Waals surface area contributed by atoms with Crippen LogP contribution in [0.25, 0.3) is 0 Å². The largest absolute Gasteiger partial charge is 0.306 e. The van der Waals surface area contributed by atoms with Gasteiger partial charge in [-0.3, -0.25) is 0 Å². The van der Waals surface area contributed by atoms with Gasteiger partial charge in [0.2, 0.25) is 0 Å². The monoisotopic (exact) mass is 353 g/mol. The van der Waals surface area contributed by atoms with Gasteiger partial charge in [0.1, 0.15) is 5.82 Å². The molecule has 0 amide bonds. The van der Waals surface area contributed by atoms with Gasteiger partial charge in [-0.25, -0.2) is 4.39 Å². The second kappa shape index (κ2) is 7.25. The molecule has 0 bridgehead atoms. The highest BCUT2D eigenvalue weighted by Gasteiger charge is 2.19. The smallest absolute Gasteiger partial charge is 0.128 e. The minimum Gasteiger partial charge on any atom is -0.306 e. The fraction of sp³-hybridized carbons (Fsp3) is 0.250. The van der Waals surface area contributed by atoms with Crippen LogP contribution in [0, 0.1) is 5.82 Å². The second-order valence-electron chi connectivity index (χ2n) is 4.40. The molecule has 0 saturated heterocycles. The van der Waals surface area contributed by atoms with Gasteiger partial charge in [0.25, 0.3) is 0 Å². The van der Waals surface area contributed by atoms with E-state index in [-0.39, 0.29) is 11.9 Å². The number of nitrogens with one attached hydrogen (secondary N) is 1. The van der Waals surface area contributed by atoms with Crippen LogP contribution in [0.15, 0.2) is 51.8 Å². The van der Waals surface area contributed by atoms with Gasteiger partial charge in [-0.15, -0.1) is 11.8 Å². The van der Waals surface area contributed by atoms with Crippen molar-refractivity contribution < 1.29 is 4.39 Å². The lowest BCUT2D eigenvalue weighted by Crippen LogP contribution is -2.23. The van der Waals surface area contributed by atoms with E-state index in [2.05, 4.69) is 33.4 Å². The van der Waals surface area contributed by atoms with Gasteiger partial charge in [0.05, 0.1) is 6.04 Å². The Labute approximate surface area is 132 Å². The number of rotatable bonds is 5. The van der Waals surface area contributed by atoms with Crippen molar-refractivity contribution in [2.45, 2.75) is 17.9 Å². The molecule has 2 rings (SSSR count). The highest BCUT2D eigenvalue weighted by atomic mass is 79.9. The first-order valence-electron chi connectivity index (χ1n) is 6.48. The summed E-state index contributed by atoms with van der Waals surface area (Å²) in [5, 5.41) is 3.38. The van der Waals surface area contributed by atoms with Crippen molar-refractivity contribution in [3.8, 4) is 0 Å². The van der Waals surface area contributed by atoms with Crippen molar-refractivity contribution >= 4 is 27.7 Å². The first-order chi connectivity index (χ1) is 9.67. The molecule has 2 aromatic rings. The molecule has 106 valence electrons. The normalized spacial score (nSPS) is 12.4. The van der Waals surface area contributed by atoms with Gasteiger partial charge >= 0.3 is 0 Å². The minimum absolute atomic E-state index is 0.138. The Bertz CT molecular complexity index is 588. The number of halogens is 2. The highest BCUT2D eigenvalue weighted by Crippen LogP contribution is 2.32. The molecule has 20 heavy (non-hydrogen) atoms. The molecule has 1 atom stereocenters. The van der Waals surface area contributed by atoms with Crippen molar-refractivity contribution in [3.05, 3.63) is 63.9 Å². The van der Waals surface area contributed by atoms with E-state index in [9.17, 15) is 4.39 Å². The van der Waals surface area contributed by atoms with Crippen LogP contribution in [-0.2, 0) is 0 Å². The lowest BCUT2D eigenvalue weighted by molar-refractivity contribution is 0.555. The second-order valence-corrected chi connectivity index (χ2v) is 6.16. The van der Waals surface area contributed by atoms with Crippen LogP contribution in [0.5, 0.6) is 0 Å². The Kier molecular flexibility index (Phi) is 5.64. The zero-order valence-corrected chi connectivity index (χ0v) is 13.9. The summed E-state index contributed by atoms with van der Waals surface area (Å²) >= 11 is 5.10. The van der Waals surface area contributed by atoms with Crippen molar-refractivity contribution in [2.24, 2.45) is 0 Å². The predicted octanol–water partition coefficient (Wildman–Crippen LogP) is 5.01. The maximum absolute atomic E-state index is 14.2. The Morgan fingerprint density at radius 2 is 1.95 bits per heavy atom. The lowest BCUT2D eigenvalue weighted by Gasteiger charge is -2.22. The summed E-state index contributed by atoms with van der Waals surface area (Å²) in [6, 6.07) is 13.1. The Morgan fingerprint density at radius 3 is 2.65 bits per heavy atom. The molecule has 0 radical (unpaired) electrons. The molecule has 1 N–H and O–H groups in total.